The fourth-order valence-electron chi connectivity index (χ4n) is 0.939. The van der Waals surface area contributed by atoms with Crippen molar-refractivity contribution >= 4 is 17.7 Å². The minimum absolute atomic E-state index is 0.00556. The van der Waals surface area contributed by atoms with Crippen LogP contribution in [0.1, 0.15) is 5.69 Å². The molecule has 0 aromatic carbocycles. The lowest BCUT2D eigenvalue weighted by Crippen LogP contribution is -1.99. The monoisotopic (exact) mass is 186 g/mol. The fourth-order valence-corrected chi connectivity index (χ4v) is 1.49. The first-order valence-corrected chi connectivity index (χ1v) is 4.64. The molecule has 0 amide bonds. The molecule has 12 heavy (non-hydrogen) atoms. The lowest BCUT2D eigenvalue weighted by molar-refractivity contribution is -0.136. The molecule has 0 saturated heterocycles. The van der Waals surface area contributed by atoms with Crippen LogP contribution in [0.25, 0.3) is 0 Å². The van der Waals surface area contributed by atoms with Crippen molar-refractivity contribution in [2.75, 3.05) is 6.26 Å². The van der Waals surface area contributed by atoms with Crippen molar-refractivity contribution in [3.05, 3.63) is 11.9 Å². The Bertz CT molecular complexity index is 296. The number of thioether (sulfide) groups is 1. The summed E-state index contributed by atoms with van der Waals surface area (Å²) in [6, 6.07) is 0. The average molecular weight is 186 g/mol. The van der Waals surface area contributed by atoms with Crippen LogP contribution in [0.2, 0.25) is 0 Å². The molecule has 0 aliphatic rings. The van der Waals surface area contributed by atoms with Gasteiger partial charge < -0.3 is 9.67 Å². The third-order valence-corrected chi connectivity index (χ3v) is 2.14. The number of hydrogen-bond acceptors (Lipinski definition) is 3. The predicted octanol–water partition coefficient (Wildman–Crippen LogP) is 0.769. The Morgan fingerprint density at radius 2 is 2.50 bits per heavy atom. The van der Waals surface area contributed by atoms with E-state index in [4.69, 9.17) is 5.11 Å². The van der Waals surface area contributed by atoms with Crippen molar-refractivity contribution in [2.24, 2.45) is 7.05 Å². The van der Waals surface area contributed by atoms with Gasteiger partial charge in [-0.15, -0.1) is 0 Å². The van der Waals surface area contributed by atoms with Crippen molar-refractivity contribution in [3.63, 3.8) is 0 Å². The van der Waals surface area contributed by atoms with E-state index < -0.39 is 5.97 Å². The van der Waals surface area contributed by atoms with Gasteiger partial charge in [0.25, 0.3) is 0 Å². The molecule has 4 nitrogen and oxygen atoms in total. The van der Waals surface area contributed by atoms with E-state index in [-0.39, 0.29) is 6.42 Å². The molecule has 0 radical (unpaired) electrons. The van der Waals surface area contributed by atoms with Gasteiger partial charge in [-0.2, -0.15) is 0 Å². The van der Waals surface area contributed by atoms with Gasteiger partial charge in [0.15, 0.2) is 5.16 Å². The number of carboxylic acids is 1. The second kappa shape index (κ2) is 3.62. The molecule has 66 valence electrons. The molecule has 0 unspecified atom stereocenters. The minimum Gasteiger partial charge on any atom is -0.481 e. The molecule has 1 heterocycles. The number of nitrogens with zero attached hydrogens (tertiary/aromatic N) is 2. The zero-order chi connectivity index (χ0) is 9.14. The first-order valence-electron chi connectivity index (χ1n) is 3.41. The molecule has 1 N–H and O–H groups in total. The van der Waals surface area contributed by atoms with Crippen molar-refractivity contribution < 1.29 is 9.90 Å². The largest absolute Gasteiger partial charge is 0.481 e. The number of imidazole rings is 1. The Morgan fingerprint density at radius 3 is 2.92 bits per heavy atom. The van der Waals surface area contributed by atoms with Crippen LogP contribution in [0.4, 0.5) is 0 Å². The summed E-state index contributed by atoms with van der Waals surface area (Å²) in [5, 5.41) is 9.32. The summed E-state index contributed by atoms with van der Waals surface area (Å²) in [5.41, 5.74) is 0.606. The highest BCUT2D eigenvalue weighted by molar-refractivity contribution is 7.98. The van der Waals surface area contributed by atoms with Gasteiger partial charge in [-0.3, -0.25) is 4.79 Å². The van der Waals surface area contributed by atoms with E-state index in [1.54, 1.807) is 6.20 Å². The van der Waals surface area contributed by atoms with Gasteiger partial charge >= 0.3 is 5.97 Å². The van der Waals surface area contributed by atoms with Crippen LogP contribution < -0.4 is 0 Å². The topological polar surface area (TPSA) is 55.1 Å². The van der Waals surface area contributed by atoms with E-state index in [1.165, 1.54) is 11.8 Å². The number of carboxylic acid groups (broad SMARTS) is 1. The summed E-state index contributed by atoms with van der Waals surface area (Å²) < 4.78 is 1.82. The molecule has 0 atom stereocenters. The molecule has 0 aliphatic heterocycles. The number of aliphatic carboxylic acids is 1. The van der Waals surface area contributed by atoms with Crippen molar-refractivity contribution in [1.82, 2.24) is 9.55 Å². The van der Waals surface area contributed by atoms with Gasteiger partial charge in [-0.05, 0) is 6.26 Å². The fraction of sp³-hybridized carbons (Fsp3) is 0.429. The molecule has 1 aromatic heterocycles. The number of aromatic nitrogens is 2. The van der Waals surface area contributed by atoms with Crippen LogP contribution in [0.15, 0.2) is 11.4 Å². The van der Waals surface area contributed by atoms with E-state index in [1.807, 2.05) is 17.9 Å². The van der Waals surface area contributed by atoms with Crippen LogP contribution in [-0.4, -0.2) is 26.9 Å². The molecule has 5 heteroatoms. The highest BCUT2D eigenvalue weighted by Crippen LogP contribution is 2.12. The number of rotatable bonds is 3. The summed E-state index contributed by atoms with van der Waals surface area (Å²) in [7, 11) is 1.85. The van der Waals surface area contributed by atoms with Crippen molar-refractivity contribution in [3.8, 4) is 0 Å². The summed E-state index contributed by atoms with van der Waals surface area (Å²) >= 11 is 1.50. The van der Waals surface area contributed by atoms with Gasteiger partial charge in [-0.25, -0.2) is 4.98 Å². The highest BCUT2D eigenvalue weighted by Gasteiger charge is 2.06. The Hall–Kier alpha value is -0.970. The van der Waals surface area contributed by atoms with E-state index in [9.17, 15) is 4.79 Å². The highest BCUT2D eigenvalue weighted by atomic mass is 32.2. The normalized spacial score (nSPS) is 10.2. The molecule has 1 rings (SSSR count). The first kappa shape index (κ1) is 9.12. The second-order valence-electron chi connectivity index (χ2n) is 2.40. The number of carbonyl (C=O) groups is 1. The molecule has 1 aromatic rings. The maximum absolute atomic E-state index is 10.3. The van der Waals surface area contributed by atoms with Crippen molar-refractivity contribution in [2.45, 2.75) is 11.6 Å². The minimum atomic E-state index is -0.847. The SMILES string of the molecule is CSc1nc(CC(=O)O)cn1C. The van der Waals surface area contributed by atoms with E-state index in [0.29, 0.717) is 5.69 Å². The molecular weight excluding hydrogens is 176 g/mol. The molecule has 0 spiro atoms. The lowest BCUT2D eigenvalue weighted by Gasteiger charge is -1.91. The van der Waals surface area contributed by atoms with Gasteiger partial charge in [0.05, 0.1) is 12.1 Å². The second-order valence-corrected chi connectivity index (χ2v) is 3.17. The van der Waals surface area contributed by atoms with E-state index >= 15 is 0 Å². The molecule has 0 bridgehead atoms. The summed E-state index contributed by atoms with van der Waals surface area (Å²) in [6.07, 6.45) is 3.64. The maximum Gasteiger partial charge on any atom is 0.309 e. The Labute approximate surface area is 74.6 Å². The average Bonchev–Trinajstić information content (AvgIpc) is 2.29. The third kappa shape index (κ3) is 2.01. The lowest BCUT2D eigenvalue weighted by atomic mass is 10.3. The molecular formula is C7H10N2O2S. The molecule has 0 saturated carbocycles. The maximum atomic E-state index is 10.3. The summed E-state index contributed by atoms with van der Waals surface area (Å²) in [4.78, 5) is 14.4. The van der Waals surface area contributed by atoms with Crippen LogP contribution in [-0.2, 0) is 18.3 Å². The zero-order valence-corrected chi connectivity index (χ0v) is 7.76. The van der Waals surface area contributed by atoms with E-state index in [0.717, 1.165) is 5.16 Å². The van der Waals surface area contributed by atoms with Crippen LogP contribution >= 0.6 is 11.8 Å². The summed E-state index contributed by atoms with van der Waals surface area (Å²) in [6.45, 7) is 0. The standard InChI is InChI=1S/C7H10N2O2S/c1-9-4-5(3-6(10)11)8-7(9)12-2/h4H,3H2,1-2H3,(H,10,11). The molecule has 0 aliphatic carbocycles. The summed E-state index contributed by atoms with van der Waals surface area (Å²) in [5.74, 6) is -0.847. The van der Waals surface area contributed by atoms with E-state index in [2.05, 4.69) is 4.98 Å². The van der Waals surface area contributed by atoms with Gasteiger partial charge in [0.2, 0.25) is 0 Å². The van der Waals surface area contributed by atoms with Crippen LogP contribution in [0.3, 0.4) is 0 Å². The smallest absolute Gasteiger partial charge is 0.309 e. The third-order valence-electron chi connectivity index (χ3n) is 1.40. The number of hydrogen-bond donors (Lipinski definition) is 1. The van der Waals surface area contributed by atoms with Gasteiger partial charge in [-0.1, -0.05) is 11.8 Å². The molecule has 0 fully saturated rings. The van der Waals surface area contributed by atoms with Gasteiger partial charge in [0.1, 0.15) is 0 Å². The zero-order valence-electron chi connectivity index (χ0n) is 6.94. The van der Waals surface area contributed by atoms with Crippen LogP contribution in [0, 0.1) is 0 Å². The Balaban J connectivity index is 2.82. The Kier molecular flexibility index (Phi) is 2.75. The van der Waals surface area contributed by atoms with Crippen LogP contribution in [0.5, 0.6) is 0 Å². The number of aryl methyl sites for hydroxylation is 1. The quantitative estimate of drug-likeness (QED) is 0.708. The predicted molar refractivity (Wildman–Crippen MR) is 46.3 cm³/mol. The van der Waals surface area contributed by atoms with Crippen molar-refractivity contribution in [1.29, 1.82) is 0 Å². The first-order chi connectivity index (χ1) is 5.63. The van der Waals surface area contributed by atoms with Gasteiger partial charge in [0, 0.05) is 13.2 Å². The Morgan fingerprint density at radius 1 is 1.83 bits per heavy atom.